The van der Waals surface area contributed by atoms with Gasteiger partial charge in [-0.2, -0.15) is 0 Å². The summed E-state index contributed by atoms with van der Waals surface area (Å²) in [6, 6.07) is 6.41. The lowest BCUT2D eigenvalue weighted by Crippen LogP contribution is -2.45. The molecule has 0 radical (unpaired) electrons. The number of nitrogens with two attached hydrogens (primary N) is 1. The number of likely N-dealkylation sites (tertiary alicyclic amines) is 1. The highest BCUT2D eigenvalue weighted by molar-refractivity contribution is 5.30. The SMILES string of the molecule is Cc1cc(F)ccc1C1CCC(CCC2CC(N)CCN2C)CC1. The molecule has 3 heteroatoms. The van der Waals surface area contributed by atoms with Gasteiger partial charge in [-0.3, -0.25) is 0 Å². The maximum absolute atomic E-state index is 13.3. The van der Waals surface area contributed by atoms with Gasteiger partial charge in [-0.25, -0.2) is 4.39 Å². The normalized spacial score (nSPS) is 32.0. The molecule has 1 aromatic rings. The summed E-state index contributed by atoms with van der Waals surface area (Å²) in [5.74, 6) is 1.39. The Morgan fingerprint density at radius 1 is 1.12 bits per heavy atom. The van der Waals surface area contributed by atoms with Gasteiger partial charge in [0.05, 0.1) is 0 Å². The van der Waals surface area contributed by atoms with Crippen LogP contribution in [0, 0.1) is 18.7 Å². The number of hydrogen-bond acceptors (Lipinski definition) is 2. The summed E-state index contributed by atoms with van der Waals surface area (Å²) in [6.07, 6.45) is 10.1. The number of nitrogens with zero attached hydrogens (tertiary/aromatic N) is 1. The molecule has 0 spiro atoms. The van der Waals surface area contributed by atoms with Crippen LogP contribution in [0.4, 0.5) is 4.39 Å². The molecular weight excluding hydrogens is 299 g/mol. The van der Waals surface area contributed by atoms with Gasteiger partial charge in [0.2, 0.25) is 0 Å². The van der Waals surface area contributed by atoms with Crippen LogP contribution in [0.3, 0.4) is 0 Å². The van der Waals surface area contributed by atoms with Gasteiger partial charge in [-0.1, -0.05) is 6.07 Å². The third-order valence-corrected chi connectivity index (χ3v) is 6.48. The first kappa shape index (κ1) is 17.9. The minimum absolute atomic E-state index is 0.111. The van der Waals surface area contributed by atoms with Crippen molar-refractivity contribution in [2.24, 2.45) is 11.7 Å². The topological polar surface area (TPSA) is 29.3 Å². The van der Waals surface area contributed by atoms with Crippen molar-refractivity contribution in [3.63, 3.8) is 0 Å². The Bertz CT molecular complexity index is 537. The van der Waals surface area contributed by atoms with E-state index < -0.39 is 0 Å². The first-order valence-electron chi connectivity index (χ1n) is 9.74. The van der Waals surface area contributed by atoms with Crippen molar-refractivity contribution in [3.8, 4) is 0 Å². The zero-order valence-electron chi connectivity index (χ0n) is 15.3. The Balaban J connectivity index is 1.47. The minimum Gasteiger partial charge on any atom is -0.328 e. The lowest BCUT2D eigenvalue weighted by atomic mass is 9.75. The highest BCUT2D eigenvalue weighted by Crippen LogP contribution is 2.39. The van der Waals surface area contributed by atoms with Gasteiger partial charge in [0.15, 0.2) is 0 Å². The van der Waals surface area contributed by atoms with Crippen molar-refractivity contribution < 1.29 is 4.39 Å². The summed E-state index contributed by atoms with van der Waals surface area (Å²) in [5, 5.41) is 0. The van der Waals surface area contributed by atoms with Crippen LogP contribution in [-0.4, -0.2) is 30.6 Å². The molecule has 0 bridgehead atoms. The molecular formula is C21H33FN2. The average Bonchev–Trinajstić information content (AvgIpc) is 2.56. The van der Waals surface area contributed by atoms with Gasteiger partial charge in [0.25, 0.3) is 0 Å². The Morgan fingerprint density at radius 3 is 2.58 bits per heavy atom. The van der Waals surface area contributed by atoms with Crippen LogP contribution in [-0.2, 0) is 0 Å². The average molecular weight is 333 g/mol. The molecule has 0 amide bonds. The van der Waals surface area contributed by atoms with Gasteiger partial charge in [-0.15, -0.1) is 0 Å². The maximum Gasteiger partial charge on any atom is 0.123 e. The Labute approximate surface area is 146 Å². The summed E-state index contributed by atoms with van der Waals surface area (Å²) < 4.78 is 13.3. The number of rotatable bonds is 4. The second kappa shape index (κ2) is 7.97. The fraction of sp³-hybridized carbons (Fsp3) is 0.714. The molecule has 1 saturated carbocycles. The van der Waals surface area contributed by atoms with Crippen LogP contribution in [0.1, 0.15) is 68.4 Å². The van der Waals surface area contributed by atoms with Crippen molar-refractivity contribution in [2.75, 3.05) is 13.6 Å². The van der Waals surface area contributed by atoms with E-state index in [1.54, 1.807) is 12.1 Å². The molecule has 3 rings (SSSR count). The zero-order chi connectivity index (χ0) is 17.1. The second-order valence-electron chi connectivity index (χ2n) is 8.21. The monoisotopic (exact) mass is 332 g/mol. The largest absolute Gasteiger partial charge is 0.328 e. The third kappa shape index (κ3) is 4.37. The Hall–Kier alpha value is -0.930. The Morgan fingerprint density at radius 2 is 1.88 bits per heavy atom. The van der Waals surface area contributed by atoms with E-state index in [9.17, 15) is 4.39 Å². The molecule has 134 valence electrons. The van der Waals surface area contributed by atoms with Crippen LogP contribution >= 0.6 is 0 Å². The molecule has 1 aliphatic heterocycles. The molecule has 2 aliphatic rings. The fourth-order valence-electron chi connectivity index (χ4n) is 4.82. The van der Waals surface area contributed by atoms with E-state index in [0.717, 1.165) is 24.4 Å². The zero-order valence-corrected chi connectivity index (χ0v) is 15.3. The van der Waals surface area contributed by atoms with Crippen LogP contribution in [0.25, 0.3) is 0 Å². The molecule has 24 heavy (non-hydrogen) atoms. The summed E-state index contributed by atoms with van der Waals surface area (Å²) in [4.78, 5) is 2.51. The summed E-state index contributed by atoms with van der Waals surface area (Å²) in [6.45, 7) is 3.20. The smallest absolute Gasteiger partial charge is 0.123 e. The molecule has 2 atom stereocenters. The summed E-state index contributed by atoms with van der Waals surface area (Å²) in [5.41, 5.74) is 8.64. The number of aryl methyl sites for hydroxylation is 1. The third-order valence-electron chi connectivity index (χ3n) is 6.48. The van der Waals surface area contributed by atoms with E-state index in [0.29, 0.717) is 18.0 Å². The van der Waals surface area contributed by atoms with Crippen molar-refractivity contribution in [1.29, 1.82) is 0 Å². The van der Waals surface area contributed by atoms with Crippen LogP contribution in [0.5, 0.6) is 0 Å². The number of halogens is 1. The van der Waals surface area contributed by atoms with Crippen LogP contribution < -0.4 is 5.73 Å². The first-order chi connectivity index (χ1) is 11.5. The van der Waals surface area contributed by atoms with Crippen molar-refractivity contribution in [1.82, 2.24) is 4.90 Å². The fourth-order valence-corrected chi connectivity index (χ4v) is 4.82. The molecule has 2 fully saturated rings. The van der Waals surface area contributed by atoms with Crippen LogP contribution in [0.2, 0.25) is 0 Å². The quantitative estimate of drug-likeness (QED) is 0.872. The molecule has 0 aromatic heterocycles. The van der Waals surface area contributed by atoms with Crippen molar-refractivity contribution >= 4 is 0 Å². The minimum atomic E-state index is -0.111. The van der Waals surface area contributed by atoms with Gasteiger partial charge in [-0.05, 0) is 107 Å². The van der Waals surface area contributed by atoms with E-state index in [1.165, 1.54) is 50.5 Å². The van der Waals surface area contributed by atoms with E-state index in [1.807, 2.05) is 13.0 Å². The first-order valence-corrected chi connectivity index (χ1v) is 9.74. The van der Waals surface area contributed by atoms with E-state index in [4.69, 9.17) is 5.73 Å². The van der Waals surface area contributed by atoms with Crippen molar-refractivity contribution in [3.05, 3.63) is 35.1 Å². The lowest BCUT2D eigenvalue weighted by Gasteiger charge is -2.37. The second-order valence-corrected chi connectivity index (χ2v) is 8.21. The standard InChI is InChI=1S/C21H33FN2/c1-15-13-18(22)8-10-21(15)17-6-3-16(4-7-17)5-9-20-14-19(23)11-12-24(20)2/h8,10,13,16-17,19-20H,3-7,9,11-12,14,23H2,1-2H3. The maximum atomic E-state index is 13.3. The van der Waals surface area contributed by atoms with E-state index in [2.05, 4.69) is 11.9 Å². The predicted octanol–water partition coefficient (Wildman–Crippen LogP) is 4.61. The van der Waals surface area contributed by atoms with Gasteiger partial charge >= 0.3 is 0 Å². The summed E-state index contributed by atoms with van der Waals surface area (Å²) >= 11 is 0. The van der Waals surface area contributed by atoms with Gasteiger partial charge in [0, 0.05) is 12.1 Å². The van der Waals surface area contributed by atoms with Gasteiger partial charge < -0.3 is 10.6 Å². The predicted molar refractivity (Wildman–Crippen MR) is 98.7 cm³/mol. The molecule has 2 N–H and O–H groups in total. The molecule has 1 heterocycles. The van der Waals surface area contributed by atoms with Crippen molar-refractivity contribution in [2.45, 2.75) is 76.3 Å². The molecule has 1 aliphatic carbocycles. The number of benzene rings is 1. The van der Waals surface area contributed by atoms with E-state index >= 15 is 0 Å². The lowest BCUT2D eigenvalue weighted by molar-refractivity contribution is 0.148. The molecule has 2 unspecified atom stereocenters. The highest BCUT2D eigenvalue weighted by atomic mass is 19.1. The summed E-state index contributed by atoms with van der Waals surface area (Å²) in [7, 11) is 2.25. The molecule has 1 aromatic carbocycles. The number of hydrogen-bond donors (Lipinski definition) is 1. The van der Waals surface area contributed by atoms with Gasteiger partial charge in [0.1, 0.15) is 5.82 Å². The van der Waals surface area contributed by atoms with E-state index in [-0.39, 0.29) is 5.82 Å². The van der Waals surface area contributed by atoms with Crippen LogP contribution in [0.15, 0.2) is 18.2 Å². The highest BCUT2D eigenvalue weighted by Gasteiger charge is 2.27. The molecule has 1 saturated heterocycles. The number of piperidine rings is 1. The Kier molecular flexibility index (Phi) is 5.93. The molecule has 2 nitrogen and oxygen atoms in total.